The highest BCUT2D eigenvalue weighted by Crippen LogP contribution is 2.35. The van der Waals surface area contributed by atoms with Crippen LogP contribution in [-0.4, -0.2) is 5.78 Å². The van der Waals surface area contributed by atoms with E-state index < -0.39 is 0 Å². The van der Waals surface area contributed by atoms with E-state index in [-0.39, 0.29) is 0 Å². The molecule has 1 heteroatoms. The molecule has 0 saturated carbocycles. The number of hydrogen-bond donors (Lipinski definition) is 0. The first-order valence-corrected chi connectivity index (χ1v) is 4.22. The minimum Gasteiger partial charge on any atom is -0.294 e. The van der Waals surface area contributed by atoms with Gasteiger partial charge in [-0.2, -0.15) is 0 Å². The fraction of sp³-hybridized carbons (Fsp3) is 0.500. The van der Waals surface area contributed by atoms with Crippen LogP contribution in [0.4, 0.5) is 0 Å². The molecule has 2 aliphatic carbocycles. The van der Waals surface area contributed by atoms with E-state index in [2.05, 4.69) is 13.0 Å². The third-order valence-electron chi connectivity index (χ3n) is 2.64. The van der Waals surface area contributed by atoms with Crippen LogP contribution in [0.2, 0.25) is 0 Å². The Morgan fingerprint density at radius 1 is 1.55 bits per heavy atom. The van der Waals surface area contributed by atoms with Gasteiger partial charge >= 0.3 is 0 Å². The van der Waals surface area contributed by atoms with Gasteiger partial charge in [-0.25, -0.2) is 0 Å². The molecule has 0 radical (unpaired) electrons. The molecule has 11 heavy (non-hydrogen) atoms. The third-order valence-corrected chi connectivity index (χ3v) is 2.64. The first-order chi connectivity index (χ1) is 5.29. The maximum Gasteiger partial charge on any atom is 0.162 e. The van der Waals surface area contributed by atoms with Gasteiger partial charge in [0.2, 0.25) is 0 Å². The maximum absolute atomic E-state index is 11.3. The van der Waals surface area contributed by atoms with Gasteiger partial charge in [-0.3, -0.25) is 4.79 Å². The normalized spacial score (nSPS) is 29.5. The number of carbonyl (C=O) groups excluding carboxylic acids is 1. The summed E-state index contributed by atoms with van der Waals surface area (Å²) in [5.41, 5.74) is 2.42. The number of allylic oxidation sites excluding steroid dienone is 4. The highest BCUT2D eigenvalue weighted by Gasteiger charge is 2.25. The van der Waals surface area contributed by atoms with E-state index >= 15 is 0 Å². The number of ketones is 1. The lowest BCUT2D eigenvalue weighted by molar-refractivity contribution is -0.115. The molecule has 0 aromatic rings. The van der Waals surface area contributed by atoms with E-state index in [1.165, 1.54) is 12.0 Å². The van der Waals surface area contributed by atoms with Crippen LogP contribution in [0.3, 0.4) is 0 Å². The van der Waals surface area contributed by atoms with Gasteiger partial charge < -0.3 is 0 Å². The van der Waals surface area contributed by atoms with E-state index in [4.69, 9.17) is 0 Å². The lowest BCUT2D eigenvalue weighted by Gasteiger charge is -2.08. The molecule has 2 aliphatic rings. The number of rotatable bonds is 0. The molecule has 0 heterocycles. The second-order valence-electron chi connectivity index (χ2n) is 3.40. The predicted molar refractivity (Wildman–Crippen MR) is 44.2 cm³/mol. The minimum atomic E-state index is 0.354. The summed E-state index contributed by atoms with van der Waals surface area (Å²) in [6.45, 7) is 2.20. The zero-order valence-corrected chi connectivity index (χ0v) is 6.76. The molecule has 0 fully saturated rings. The molecule has 1 atom stereocenters. The molecule has 0 saturated heterocycles. The molecule has 58 valence electrons. The molecular formula is C10H12O. The minimum absolute atomic E-state index is 0.354. The molecule has 0 aliphatic heterocycles. The van der Waals surface area contributed by atoms with Crippen molar-refractivity contribution in [3.8, 4) is 0 Å². The summed E-state index contributed by atoms with van der Waals surface area (Å²) in [4.78, 5) is 11.3. The SMILES string of the molecule is CC1CCC2=C1C=CCC2=O. The van der Waals surface area contributed by atoms with Crippen molar-refractivity contribution in [2.45, 2.75) is 26.2 Å². The smallest absolute Gasteiger partial charge is 0.162 e. The van der Waals surface area contributed by atoms with Crippen LogP contribution >= 0.6 is 0 Å². The fourth-order valence-corrected chi connectivity index (χ4v) is 1.94. The zero-order chi connectivity index (χ0) is 7.84. The molecule has 0 aromatic carbocycles. The molecule has 0 spiro atoms. The quantitative estimate of drug-likeness (QED) is 0.515. The van der Waals surface area contributed by atoms with E-state index in [0.717, 1.165) is 12.0 Å². The average molecular weight is 148 g/mol. The monoisotopic (exact) mass is 148 g/mol. The van der Waals surface area contributed by atoms with Crippen molar-refractivity contribution in [2.75, 3.05) is 0 Å². The Bertz CT molecular complexity index is 258. The zero-order valence-electron chi connectivity index (χ0n) is 6.76. The van der Waals surface area contributed by atoms with Crippen molar-refractivity contribution in [2.24, 2.45) is 5.92 Å². The Labute approximate surface area is 66.8 Å². The van der Waals surface area contributed by atoms with Gasteiger partial charge in [-0.05, 0) is 29.9 Å². The van der Waals surface area contributed by atoms with Crippen LogP contribution in [0.5, 0.6) is 0 Å². The summed E-state index contributed by atoms with van der Waals surface area (Å²) in [6.07, 6.45) is 6.93. The first-order valence-electron chi connectivity index (χ1n) is 4.22. The Hall–Kier alpha value is -0.850. The van der Waals surface area contributed by atoms with Crippen molar-refractivity contribution in [1.82, 2.24) is 0 Å². The number of Topliss-reactive ketones (excluding diaryl/α,β-unsaturated/α-hetero) is 1. The Morgan fingerprint density at radius 2 is 2.36 bits per heavy atom. The van der Waals surface area contributed by atoms with Crippen molar-refractivity contribution in [1.29, 1.82) is 0 Å². The molecule has 0 N–H and O–H groups in total. The summed E-state index contributed by atoms with van der Waals surface area (Å²) in [6, 6.07) is 0. The van der Waals surface area contributed by atoms with Gasteiger partial charge in [0.05, 0.1) is 0 Å². The van der Waals surface area contributed by atoms with Crippen molar-refractivity contribution in [3.63, 3.8) is 0 Å². The highest BCUT2D eigenvalue weighted by molar-refractivity contribution is 5.99. The summed E-state index contributed by atoms with van der Waals surface area (Å²) in [7, 11) is 0. The van der Waals surface area contributed by atoms with E-state index in [1.54, 1.807) is 0 Å². The van der Waals surface area contributed by atoms with Crippen LogP contribution in [0.1, 0.15) is 26.2 Å². The van der Waals surface area contributed by atoms with Crippen molar-refractivity contribution < 1.29 is 4.79 Å². The van der Waals surface area contributed by atoms with Gasteiger partial charge in [0, 0.05) is 6.42 Å². The van der Waals surface area contributed by atoms with E-state index in [1.807, 2.05) is 6.08 Å². The second kappa shape index (κ2) is 2.33. The topological polar surface area (TPSA) is 17.1 Å². The van der Waals surface area contributed by atoms with Crippen LogP contribution in [0.25, 0.3) is 0 Å². The molecule has 1 nitrogen and oxygen atoms in total. The van der Waals surface area contributed by atoms with Crippen LogP contribution < -0.4 is 0 Å². The van der Waals surface area contributed by atoms with Crippen LogP contribution in [0.15, 0.2) is 23.3 Å². The van der Waals surface area contributed by atoms with Gasteiger partial charge in [0.25, 0.3) is 0 Å². The standard InChI is InChI=1S/C10H12O/c1-7-5-6-9-8(7)3-2-4-10(9)11/h2-3,7H,4-6H2,1H3. The number of carbonyl (C=O) groups is 1. The third kappa shape index (κ3) is 0.953. The predicted octanol–water partition coefficient (Wildman–Crippen LogP) is 2.24. The van der Waals surface area contributed by atoms with Gasteiger partial charge in [-0.1, -0.05) is 19.1 Å². The Kier molecular flexibility index (Phi) is 1.45. The fourth-order valence-electron chi connectivity index (χ4n) is 1.94. The van der Waals surface area contributed by atoms with Crippen LogP contribution in [0, 0.1) is 5.92 Å². The molecular weight excluding hydrogens is 136 g/mol. The Morgan fingerprint density at radius 3 is 3.09 bits per heavy atom. The summed E-state index contributed by atoms with van der Waals surface area (Å²) >= 11 is 0. The highest BCUT2D eigenvalue weighted by atomic mass is 16.1. The Balaban J connectivity index is 2.40. The van der Waals surface area contributed by atoms with E-state index in [0.29, 0.717) is 18.1 Å². The second-order valence-corrected chi connectivity index (χ2v) is 3.40. The first kappa shape index (κ1) is 6.84. The van der Waals surface area contributed by atoms with Gasteiger partial charge in [-0.15, -0.1) is 0 Å². The lowest BCUT2D eigenvalue weighted by atomic mass is 9.95. The van der Waals surface area contributed by atoms with Crippen LogP contribution in [-0.2, 0) is 4.79 Å². The average Bonchev–Trinajstić information content (AvgIpc) is 2.35. The number of hydrogen-bond acceptors (Lipinski definition) is 1. The molecule has 1 unspecified atom stereocenters. The maximum atomic E-state index is 11.3. The molecule has 2 rings (SSSR count). The van der Waals surface area contributed by atoms with Gasteiger partial charge in [0.15, 0.2) is 5.78 Å². The largest absolute Gasteiger partial charge is 0.294 e. The molecule has 0 bridgehead atoms. The van der Waals surface area contributed by atoms with Gasteiger partial charge in [0.1, 0.15) is 0 Å². The lowest BCUT2D eigenvalue weighted by Crippen LogP contribution is -2.04. The van der Waals surface area contributed by atoms with E-state index in [9.17, 15) is 4.79 Å². The van der Waals surface area contributed by atoms with Crippen molar-refractivity contribution in [3.05, 3.63) is 23.3 Å². The molecule has 0 amide bonds. The summed E-state index contributed by atoms with van der Waals surface area (Å²) < 4.78 is 0. The summed E-state index contributed by atoms with van der Waals surface area (Å²) in [5.74, 6) is 0.970. The molecule has 0 aromatic heterocycles. The van der Waals surface area contributed by atoms with Crippen molar-refractivity contribution >= 4 is 5.78 Å². The summed E-state index contributed by atoms with van der Waals surface area (Å²) in [5, 5.41) is 0.